The zero-order valence-corrected chi connectivity index (χ0v) is 14.7. The van der Waals surface area contributed by atoms with Gasteiger partial charge in [0.1, 0.15) is 0 Å². The van der Waals surface area contributed by atoms with E-state index < -0.39 is 0 Å². The summed E-state index contributed by atoms with van der Waals surface area (Å²) in [5.41, 5.74) is 0.884. The van der Waals surface area contributed by atoms with E-state index in [4.69, 9.17) is 14.2 Å². The minimum atomic E-state index is -0.185. The second-order valence-corrected chi connectivity index (χ2v) is 5.16. The predicted octanol–water partition coefficient (Wildman–Crippen LogP) is 1.29. The van der Waals surface area contributed by atoms with Gasteiger partial charge in [0.15, 0.2) is 11.5 Å². The molecule has 0 aliphatic rings. The normalized spacial score (nSPS) is 10.0. The molecule has 7 heteroatoms. The van der Waals surface area contributed by atoms with E-state index in [0.29, 0.717) is 30.2 Å². The third-order valence-electron chi connectivity index (χ3n) is 3.38. The summed E-state index contributed by atoms with van der Waals surface area (Å²) in [6, 6.07) is 3.62. The topological polar surface area (TPSA) is 85.9 Å². The van der Waals surface area contributed by atoms with Crippen LogP contribution in [0.25, 0.3) is 0 Å². The molecule has 0 aliphatic heterocycles. The fourth-order valence-electron chi connectivity index (χ4n) is 2.13. The van der Waals surface area contributed by atoms with Crippen molar-refractivity contribution >= 4 is 11.8 Å². The van der Waals surface area contributed by atoms with E-state index in [0.717, 1.165) is 12.0 Å². The standard InChI is InChI=1S/C17H26N2O5/c1-5-8-18-16(21)11-19-15(20)7-6-12-9-13(22-2)17(24-4)14(10-12)23-3/h9-10H,5-8,11H2,1-4H3,(H,18,21)(H,19,20). The zero-order valence-electron chi connectivity index (χ0n) is 14.7. The molecule has 2 amide bonds. The van der Waals surface area contributed by atoms with E-state index in [-0.39, 0.29) is 24.8 Å². The van der Waals surface area contributed by atoms with Crippen molar-refractivity contribution in [1.29, 1.82) is 0 Å². The number of ether oxygens (including phenoxy) is 3. The SMILES string of the molecule is CCCNC(=O)CNC(=O)CCc1cc(OC)c(OC)c(OC)c1. The number of nitrogens with one attached hydrogen (secondary N) is 2. The molecule has 134 valence electrons. The highest BCUT2D eigenvalue weighted by atomic mass is 16.5. The fraction of sp³-hybridized carbons (Fsp3) is 0.529. The zero-order chi connectivity index (χ0) is 17.9. The fourth-order valence-corrected chi connectivity index (χ4v) is 2.13. The van der Waals surface area contributed by atoms with Gasteiger partial charge in [-0.05, 0) is 30.5 Å². The lowest BCUT2D eigenvalue weighted by molar-refractivity contribution is -0.126. The molecule has 0 bridgehead atoms. The first-order valence-corrected chi connectivity index (χ1v) is 7.87. The largest absolute Gasteiger partial charge is 0.493 e. The molecule has 1 rings (SSSR count). The van der Waals surface area contributed by atoms with Crippen LogP contribution >= 0.6 is 0 Å². The molecular weight excluding hydrogens is 312 g/mol. The van der Waals surface area contributed by atoms with Gasteiger partial charge in [-0.1, -0.05) is 6.92 Å². The van der Waals surface area contributed by atoms with Crippen molar-refractivity contribution in [3.8, 4) is 17.2 Å². The Bertz CT molecular complexity index is 535. The van der Waals surface area contributed by atoms with E-state index in [9.17, 15) is 9.59 Å². The summed E-state index contributed by atoms with van der Waals surface area (Å²) in [4.78, 5) is 23.3. The first kappa shape index (κ1) is 19.6. The van der Waals surface area contributed by atoms with E-state index in [1.54, 1.807) is 14.2 Å². The van der Waals surface area contributed by atoms with Crippen molar-refractivity contribution < 1.29 is 23.8 Å². The van der Waals surface area contributed by atoms with Gasteiger partial charge in [0.05, 0.1) is 27.9 Å². The van der Waals surface area contributed by atoms with Gasteiger partial charge in [0, 0.05) is 13.0 Å². The molecule has 1 aromatic rings. The molecule has 7 nitrogen and oxygen atoms in total. The minimum absolute atomic E-state index is 0.00586. The van der Waals surface area contributed by atoms with Gasteiger partial charge in [0.25, 0.3) is 0 Å². The van der Waals surface area contributed by atoms with Crippen LogP contribution in [0.4, 0.5) is 0 Å². The molecule has 0 aliphatic carbocycles. The van der Waals surface area contributed by atoms with E-state index in [1.165, 1.54) is 7.11 Å². The van der Waals surface area contributed by atoms with E-state index in [2.05, 4.69) is 10.6 Å². The van der Waals surface area contributed by atoms with Crippen molar-refractivity contribution in [1.82, 2.24) is 10.6 Å². The van der Waals surface area contributed by atoms with Crippen LogP contribution in [0.1, 0.15) is 25.3 Å². The molecule has 0 heterocycles. The Kier molecular flexibility index (Phi) is 8.46. The van der Waals surface area contributed by atoms with Crippen molar-refractivity contribution in [3.05, 3.63) is 17.7 Å². The average Bonchev–Trinajstić information content (AvgIpc) is 2.61. The molecule has 2 N–H and O–H groups in total. The second-order valence-electron chi connectivity index (χ2n) is 5.16. The van der Waals surface area contributed by atoms with Crippen LogP contribution in [0.3, 0.4) is 0 Å². The first-order chi connectivity index (χ1) is 11.5. The summed E-state index contributed by atoms with van der Waals surface area (Å²) >= 11 is 0. The molecule has 0 fully saturated rings. The van der Waals surface area contributed by atoms with Crippen LogP contribution in [0.2, 0.25) is 0 Å². The number of rotatable bonds is 10. The number of hydrogen-bond donors (Lipinski definition) is 2. The molecule has 0 saturated heterocycles. The van der Waals surface area contributed by atoms with Crippen LogP contribution in [0.5, 0.6) is 17.2 Å². The Morgan fingerprint density at radius 1 is 0.958 bits per heavy atom. The van der Waals surface area contributed by atoms with E-state index >= 15 is 0 Å². The molecule has 1 aromatic carbocycles. The van der Waals surface area contributed by atoms with Crippen LogP contribution in [-0.2, 0) is 16.0 Å². The number of benzene rings is 1. The third-order valence-corrected chi connectivity index (χ3v) is 3.38. The van der Waals surface area contributed by atoms with Gasteiger partial charge in [-0.3, -0.25) is 9.59 Å². The summed E-state index contributed by atoms with van der Waals surface area (Å²) in [5.74, 6) is 1.24. The highest BCUT2D eigenvalue weighted by molar-refractivity contribution is 5.84. The van der Waals surface area contributed by atoms with Crippen molar-refractivity contribution in [2.45, 2.75) is 26.2 Å². The van der Waals surface area contributed by atoms with E-state index in [1.807, 2.05) is 19.1 Å². The Labute approximate surface area is 142 Å². The second kappa shape index (κ2) is 10.4. The van der Waals surface area contributed by atoms with Gasteiger partial charge >= 0.3 is 0 Å². The van der Waals surface area contributed by atoms with Gasteiger partial charge < -0.3 is 24.8 Å². The number of carbonyl (C=O) groups is 2. The molecular formula is C17H26N2O5. The summed E-state index contributed by atoms with van der Waals surface area (Å²) in [7, 11) is 4.63. The Morgan fingerprint density at radius 3 is 2.08 bits per heavy atom. The van der Waals surface area contributed by atoms with Gasteiger partial charge in [-0.25, -0.2) is 0 Å². The Balaban J connectivity index is 2.57. The number of aryl methyl sites for hydroxylation is 1. The van der Waals surface area contributed by atoms with Crippen molar-refractivity contribution in [2.75, 3.05) is 34.4 Å². The third kappa shape index (κ3) is 5.98. The van der Waals surface area contributed by atoms with Gasteiger partial charge in [-0.2, -0.15) is 0 Å². The van der Waals surface area contributed by atoms with Gasteiger partial charge in [-0.15, -0.1) is 0 Å². The quantitative estimate of drug-likeness (QED) is 0.671. The maximum atomic E-state index is 11.8. The lowest BCUT2D eigenvalue weighted by atomic mass is 10.1. The lowest BCUT2D eigenvalue weighted by Crippen LogP contribution is -2.37. The molecule has 0 radical (unpaired) electrons. The summed E-state index contributed by atoms with van der Waals surface area (Å²) in [6.07, 6.45) is 1.62. The number of carbonyl (C=O) groups excluding carboxylic acids is 2. The molecule has 0 unspecified atom stereocenters. The smallest absolute Gasteiger partial charge is 0.239 e. The molecule has 0 saturated carbocycles. The number of hydrogen-bond acceptors (Lipinski definition) is 5. The highest BCUT2D eigenvalue weighted by Crippen LogP contribution is 2.38. The van der Waals surface area contributed by atoms with Crippen LogP contribution in [-0.4, -0.2) is 46.2 Å². The molecule has 0 aromatic heterocycles. The number of amides is 2. The molecule has 0 atom stereocenters. The Morgan fingerprint density at radius 2 is 1.58 bits per heavy atom. The highest BCUT2D eigenvalue weighted by Gasteiger charge is 2.14. The average molecular weight is 338 g/mol. The summed E-state index contributed by atoms with van der Waals surface area (Å²) < 4.78 is 15.8. The van der Waals surface area contributed by atoms with Crippen molar-refractivity contribution in [2.24, 2.45) is 0 Å². The monoisotopic (exact) mass is 338 g/mol. The first-order valence-electron chi connectivity index (χ1n) is 7.87. The maximum absolute atomic E-state index is 11.8. The van der Waals surface area contributed by atoms with Crippen LogP contribution in [0.15, 0.2) is 12.1 Å². The Hall–Kier alpha value is -2.44. The predicted molar refractivity (Wildman–Crippen MR) is 90.7 cm³/mol. The van der Waals surface area contributed by atoms with Crippen molar-refractivity contribution in [3.63, 3.8) is 0 Å². The number of methoxy groups -OCH3 is 3. The molecule has 0 spiro atoms. The summed E-state index contributed by atoms with van der Waals surface area (Å²) in [6.45, 7) is 2.57. The summed E-state index contributed by atoms with van der Waals surface area (Å²) in [5, 5.41) is 5.31. The maximum Gasteiger partial charge on any atom is 0.239 e. The lowest BCUT2D eigenvalue weighted by Gasteiger charge is -2.14. The van der Waals surface area contributed by atoms with Gasteiger partial charge in [0.2, 0.25) is 17.6 Å². The van der Waals surface area contributed by atoms with Crippen LogP contribution < -0.4 is 24.8 Å². The van der Waals surface area contributed by atoms with Crippen LogP contribution in [0, 0.1) is 0 Å². The molecule has 24 heavy (non-hydrogen) atoms. The minimum Gasteiger partial charge on any atom is -0.493 e.